The van der Waals surface area contributed by atoms with Gasteiger partial charge in [-0.3, -0.25) is 0 Å². The molecule has 2 aromatic rings. The second kappa shape index (κ2) is 3.99. The SMILES string of the molecule is CC(C)(C)N(c1ccsc1)c1ccsc1. The number of thiophene rings is 2. The minimum Gasteiger partial charge on any atom is -0.335 e. The van der Waals surface area contributed by atoms with Crippen molar-refractivity contribution in [1.82, 2.24) is 0 Å². The first-order valence-electron chi connectivity index (χ1n) is 4.93. The molecule has 0 N–H and O–H groups in total. The molecule has 0 spiro atoms. The molecule has 2 rings (SSSR count). The average Bonchev–Trinajstić information content (AvgIpc) is 2.73. The smallest absolute Gasteiger partial charge is 0.0524 e. The third kappa shape index (κ3) is 2.24. The van der Waals surface area contributed by atoms with Gasteiger partial charge in [-0.25, -0.2) is 0 Å². The van der Waals surface area contributed by atoms with Gasteiger partial charge in [0.2, 0.25) is 0 Å². The molecular weight excluding hydrogens is 222 g/mol. The van der Waals surface area contributed by atoms with Crippen LogP contribution in [0.4, 0.5) is 11.4 Å². The normalized spacial score (nSPS) is 11.7. The molecule has 0 aromatic carbocycles. The predicted molar refractivity (Wildman–Crippen MR) is 70.5 cm³/mol. The van der Waals surface area contributed by atoms with E-state index in [2.05, 4.69) is 59.3 Å². The third-order valence-corrected chi connectivity index (χ3v) is 3.54. The average molecular weight is 237 g/mol. The summed E-state index contributed by atoms with van der Waals surface area (Å²) in [6.07, 6.45) is 0. The maximum atomic E-state index is 2.38. The zero-order valence-electron chi connectivity index (χ0n) is 9.23. The van der Waals surface area contributed by atoms with E-state index in [0.717, 1.165) is 0 Å². The van der Waals surface area contributed by atoms with E-state index in [-0.39, 0.29) is 5.54 Å². The van der Waals surface area contributed by atoms with Gasteiger partial charge in [0.15, 0.2) is 0 Å². The Balaban J connectivity index is 2.42. The van der Waals surface area contributed by atoms with Gasteiger partial charge in [0.1, 0.15) is 0 Å². The summed E-state index contributed by atoms with van der Waals surface area (Å²) in [6, 6.07) is 4.35. The highest BCUT2D eigenvalue weighted by Gasteiger charge is 2.23. The Hall–Kier alpha value is -0.800. The molecule has 0 amide bonds. The number of nitrogens with zero attached hydrogens (tertiary/aromatic N) is 1. The highest BCUT2D eigenvalue weighted by atomic mass is 32.1. The van der Waals surface area contributed by atoms with E-state index in [1.807, 2.05) is 0 Å². The van der Waals surface area contributed by atoms with Crippen LogP contribution in [0.2, 0.25) is 0 Å². The summed E-state index contributed by atoms with van der Waals surface area (Å²) in [7, 11) is 0. The zero-order chi connectivity index (χ0) is 10.9. The van der Waals surface area contributed by atoms with Crippen molar-refractivity contribution in [3.8, 4) is 0 Å². The van der Waals surface area contributed by atoms with Crippen molar-refractivity contribution < 1.29 is 0 Å². The lowest BCUT2D eigenvalue weighted by molar-refractivity contribution is 0.561. The Labute approximate surface area is 99.0 Å². The third-order valence-electron chi connectivity index (χ3n) is 2.20. The maximum absolute atomic E-state index is 2.38. The van der Waals surface area contributed by atoms with Crippen LogP contribution in [-0.4, -0.2) is 5.54 Å². The van der Waals surface area contributed by atoms with Crippen molar-refractivity contribution in [3.63, 3.8) is 0 Å². The lowest BCUT2D eigenvalue weighted by atomic mass is 10.1. The van der Waals surface area contributed by atoms with Crippen LogP contribution in [0.25, 0.3) is 0 Å². The Morgan fingerprint density at radius 3 is 1.67 bits per heavy atom. The van der Waals surface area contributed by atoms with Gasteiger partial charge in [-0.1, -0.05) is 0 Å². The van der Waals surface area contributed by atoms with Crippen LogP contribution in [0.15, 0.2) is 33.7 Å². The molecule has 1 nitrogen and oxygen atoms in total. The molecular formula is C12H15NS2. The van der Waals surface area contributed by atoms with Gasteiger partial charge < -0.3 is 4.90 Å². The monoisotopic (exact) mass is 237 g/mol. The Kier molecular flexibility index (Phi) is 2.85. The zero-order valence-corrected chi connectivity index (χ0v) is 10.9. The number of hydrogen-bond acceptors (Lipinski definition) is 3. The molecule has 15 heavy (non-hydrogen) atoms. The van der Waals surface area contributed by atoms with Crippen LogP contribution in [0.1, 0.15) is 20.8 Å². The first-order valence-corrected chi connectivity index (χ1v) is 6.82. The summed E-state index contributed by atoms with van der Waals surface area (Å²) in [6.45, 7) is 6.72. The Morgan fingerprint density at radius 2 is 1.40 bits per heavy atom. The van der Waals surface area contributed by atoms with Crippen LogP contribution in [0.3, 0.4) is 0 Å². The lowest BCUT2D eigenvalue weighted by Crippen LogP contribution is -2.36. The summed E-state index contributed by atoms with van der Waals surface area (Å²) in [4.78, 5) is 2.38. The van der Waals surface area contributed by atoms with Gasteiger partial charge in [0.25, 0.3) is 0 Å². The van der Waals surface area contributed by atoms with E-state index >= 15 is 0 Å². The highest BCUT2D eigenvalue weighted by Crippen LogP contribution is 2.35. The second-order valence-corrected chi connectivity index (χ2v) is 6.03. The van der Waals surface area contributed by atoms with E-state index in [1.165, 1.54) is 11.4 Å². The standard InChI is InChI=1S/C12H15NS2/c1-12(2,3)13(10-4-6-14-8-10)11-5-7-15-9-11/h4-9H,1-3H3. The van der Waals surface area contributed by atoms with E-state index < -0.39 is 0 Å². The molecule has 0 radical (unpaired) electrons. The molecule has 0 saturated heterocycles. The summed E-state index contributed by atoms with van der Waals surface area (Å²) >= 11 is 3.49. The fourth-order valence-corrected chi connectivity index (χ4v) is 2.93. The quantitative estimate of drug-likeness (QED) is 0.729. The van der Waals surface area contributed by atoms with Crippen LogP contribution < -0.4 is 4.90 Å². The molecule has 0 aliphatic carbocycles. The van der Waals surface area contributed by atoms with Crippen LogP contribution in [-0.2, 0) is 0 Å². The molecule has 0 atom stereocenters. The van der Waals surface area contributed by atoms with Crippen molar-refractivity contribution in [2.45, 2.75) is 26.3 Å². The molecule has 0 bridgehead atoms. The Morgan fingerprint density at radius 1 is 0.933 bits per heavy atom. The number of hydrogen-bond donors (Lipinski definition) is 0. The molecule has 0 unspecified atom stereocenters. The van der Waals surface area contributed by atoms with E-state index in [4.69, 9.17) is 0 Å². The lowest BCUT2D eigenvalue weighted by Gasteiger charge is -2.36. The fourth-order valence-electron chi connectivity index (χ4n) is 1.69. The maximum Gasteiger partial charge on any atom is 0.0524 e. The Bertz CT molecular complexity index is 361. The van der Waals surface area contributed by atoms with Gasteiger partial charge in [-0.15, -0.1) is 0 Å². The largest absolute Gasteiger partial charge is 0.335 e. The summed E-state index contributed by atoms with van der Waals surface area (Å²) in [5.74, 6) is 0. The molecule has 3 heteroatoms. The minimum absolute atomic E-state index is 0.113. The first kappa shape index (κ1) is 10.7. The van der Waals surface area contributed by atoms with Gasteiger partial charge in [-0.2, -0.15) is 22.7 Å². The van der Waals surface area contributed by atoms with Crippen molar-refractivity contribution in [3.05, 3.63) is 33.7 Å². The van der Waals surface area contributed by atoms with Gasteiger partial charge >= 0.3 is 0 Å². The van der Waals surface area contributed by atoms with Crippen LogP contribution >= 0.6 is 22.7 Å². The summed E-state index contributed by atoms with van der Waals surface area (Å²) < 4.78 is 0. The molecule has 0 saturated carbocycles. The first-order chi connectivity index (χ1) is 7.09. The van der Waals surface area contributed by atoms with Gasteiger partial charge in [-0.05, 0) is 43.7 Å². The summed E-state index contributed by atoms with van der Waals surface area (Å²) in [5.41, 5.74) is 2.68. The molecule has 0 aliphatic heterocycles. The van der Waals surface area contributed by atoms with Gasteiger partial charge in [0, 0.05) is 16.3 Å². The fraction of sp³-hybridized carbons (Fsp3) is 0.333. The van der Waals surface area contributed by atoms with E-state index in [1.54, 1.807) is 22.7 Å². The van der Waals surface area contributed by atoms with Gasteiger partial charge in [0.05, 0.1) is 11.4 Å². The highest BCUT2D eigenvalue weighted by molar-refractivity contribution is 7.08. The van der Waals surface area contributed by atoms with Crippen molar-refractivity contribution in [2.24, 2.45) is 0 Å². The number of anilines is 2. The van der Waals surface area contributed by atoms with E-state index in [0.29, 0.717) is 0 Å². The van der Waals surface area contributed by atoms with Crippen molar-refractivity contribution in [1.29, 1.82) is 0 Å². The van der Waals surface area contributed by atoms with Crippen molar-refractivity contribution >= 4 is 34.0 Å². The summed E-state index contributed by atoms with van der Waals surface area (Å²) in [5, 5.41) is 8.65. The van der Waals surface area contributed by atoms with Crippen LogP contribution in [0.5, 0.6) is 0 Å². The molecule has 80 valence electrons. The topological polar surface area (TPSA) is 3.24 Å². The molecule has 0 aliphatic rings. The van der Waals surface area contributed by atoms with Crippen molar-refractivity contribution in [2.75, 3.05) is 4.90 Å². The molecule has 2 heterocycles. The van der Waals surface area contributed by atoms with E-state index in [9.17, 15) is 0 Å². The minimum atomic E-state index is 0.113. The molecule has 0 fully saturated rings. The predicted octanol–water partition coefficient (Wildman–Crippen LogP) is 4.75. The molecule has 2 aromatic heterocycles. The van der Waals surface area contributed by atoms with Crippen LogP contribution in [0, 0.1) is 0 Å². The number of rotatable bonds is 2. The second-order valence-electron chi connectivity index (χ2n) is 4.47.